The fourth-order valence-electron chi connectivity index (χ4n) is 1.85. The van der Waals surface area contributed by atoms with Crippen molar-refractivity contribution in [2.24, 2.45) is 0 Å². The van der Waals surface area contributed by atoms with Crippen molar-refractivity contribution in [1.82, 2.24) is 15.0 Å². The molecule has 0 radical (unpaired) electrons. The Bertz CT molecular complexity index is 741. The van der Waals surface area contributed by atoms with E-state index in [0.29, 0.717) is 23.4 Å². The molecule has 0 amide bonds. The Morgan fingerprint density at radius 3 is 3.06 bits per heavy atom. The van der Waals surface area contributed by atoms with Crippen LogP contribution >= 0.6 is 11.6 Å². The number of aromatic amines is 2. The Morgan fingerprint density at radius 1 is 1.33 bits per heavy atom. The first kappa shape index (κ1) is 11.1. The van der Waals surface area contributed by atoms with Crippen molar-refractivity contribution in [3.63, 3.8) is 0 Å². The molecule has 18 heavy (non-hydrogen) atoms. The van der Waals surface area contributed by atoms with Crippen LogP contribution in [0.15, 0.2) is 33.6 Å². The van der Waals surface area contributed by atoms with Gasteiger partial charge in [-0.1, -0.05) is 0 Å². The average Bonchev–Trinajstić information content (AvgIpc) is 2.93. The van der Waals surface area contributed by atoms with E-state index in [1.165, 1.54) is 0 Å². The maximum atomic E-state index is 11.1. The normalized spacial score (nSPS) is 11.2. The van der Waals surface area contributed by atoms with Gasteiger partial charge in [-0.25, -0.2) is 9.78 Å². The van der Waals surface area contributed by atoms with Crippen LogP contribution in [0.2, 0.25) is 0 Å². The molecule has 0 aliphatic rings. The summed E-state index contributed by atoms with van der Waals surface area (Å²) in [4.78, 5) is 21.1. The van der Waals surface area contributed by atoms with Crippen LogP contribution in [0.1, 0.15) is 5.82 Å². The van der Waals surface area contributed by atoms with Gasteiger partial charge in [-0.3, -0.25) is 4.98 Å². The van der Waals surface area contributed by atoms with E-state index in [4.69, 9.17) is 16.0 Å². The number of rotatable bonds is 3. The highest BCUT2D eigenvalue weighted by Crippen LogP contribution is 2.21. The van der Waals surface area contributed by atoms with Crippen LogP contribution in [0, 0.1) is 0 Å². The lowest BCUT2D eigenvalue weighted by Gasteiger charge is -1.96. The molecule has 2 N–H and O–H groups in total. The molecule has 0 saturated heterocycles. The van der Waals surface area contributed by atoms with E-state index in [9.17, 15) is 4.79 Å². The first-order valence-electron chi connectivity index (χ1n) is 5.49. The minimum Gasteiger partial charge on any atom is -0.408 e. The third kappa shape index (κ3) is 1.93. The highest BCUT2D eigenvalue weighted by molar-refractivity contribution is 6.17. The van der Waals surface area contributed by atoms with Crippen molar-refractivity contribution in [2.75, 3.05) is 5.88 Å². The van der Waals surface area contributed by atoms with Crippen LogP contribution in [0.4, 0.5) is 0 Å². The molecule has 2 aromatic heterocycles. The number of benzene rings is 1. The molecule has 6 heteroatoms. The van der Waals surface area contributed by atoms with E-state index in [1.807, 2.05) is 12.1 Å². The Labute approximate surface area is 107 Å². The van der Waals surface area contributed by atoms with Gasteiger partial charge < -0.3 is 9.40 Å². The quantitative estimate of drug-likeness (QED) is 0.712. The Kier molecular flexibility index (Phi) is 2.68. The van der Waals surface area contributed by atoms with Crippen LogP contribution < -0.4 is 5.76 Å². The second kappa shape index (κ2) is 4.34. The van der Waals surface area contributed by atoms with Crippen molar-refractivity contribution in [1.29, 1.82) is 0 Å². The van der Waals surface area contributed by atoms with Crippen LogP contribution in [-0.2, 0) is 6.42 Å². The monoisotopic (exact) mass is 263 g/mol. The van der Waals surface area contributed by atoms with Gasteiger partial charge in [0.25, 0.3) is 0 Å². The van der Waals surface area contributed by atoms with Gasteiger partial charge in [0, 0.05) is 17.9 Å². The van der Waals surface area contributed by atoms with Crippen LogP contribution in [0.5, 0.6) is 0 Å². The van der Waals surface area contributed by atoms with Gasteiger partial charge in [-0.05, 0) is 18.2 Å². The van der Waals surface area contributed by atoms with E-state index in [0.717, 1.165) is 17.1 Å². The van der Waals surface area contributed by atoms with Crippen LogP contribution in [-0.4, -0.2) is 20.8 Å². The number of fused-ring (bicyclic) bond motifs is 1. The third-order valence-corrected chi connectivity index (χ3v) is 2.88. The summed E-state index contributed by atoms with van der Waals surface area (Å²) in [5.74, 6) is 0.927. The fourth-order valence-corrected chi connectivity index (χ4v) is 2.02. The number of hydrogen-bond donors (Lipinski definition) is 2. The Hall–Kier alpha value is -2.01. The molecule has 92 valence electrons. The molecule has 3 aromatic rings. The number of H-pyrrole nitrogens is 2. The van der Waals surface area contributed by atoms with Gasteiger partial charge in [0.2, 0.25) is 0 Å². The predicted octanol–water partition coefficient (Wildman–Crippen LogP) is 2.29. The van der Waals surface area contributed by atoms with E-state index < -0.39 is 5.76 Å². The highest BCUT2D eigenvalue weighted by atomic mass is 35.5. The molecule has 0 fully saturated rings. The number of hydrogen-bond acceptors (Lipinski definition) is 3. The van der Waals surface area contributed by atoms with Crippen molar-refractivity contribution >= 4 is 22.7 Å². The molecule has 5 nitrogen and oxygen atoms in total. The summed E-state index contributed by atoms with van der Waals surface area (Å²) in [6.45, 7) is 0. The number of nitrogens with zero attached hydrogens (tertiary/aromatic N) is 1. The summed E-state index contributed by atoms with van der Waals surface area (Å²) in [5.41, 5.74) is 3.04. The molecule has 0 bridgehead atoms. The zero-order valence-corrected chi connectivity index (χ0v) is 10.1. The fraction of sp³-hybridized carbons (Fsp3) is 0.167. The minimum atomic E-state index is -0.449. The number of imidazole rings is 1. The number of halogens is 1. The van der Waals surface area contributed by atoms with Gasteiger partial charge in [-0.2, -0.15) is 0 Å². The topological polar surface area (TPSA) is 74.7 Å². The van der Waals surface area contributed by atoms with Crippen molar-refractivity contribution in [2.45, 2.75) is 6.42 Å². The molecule has 0 spiro atoms. The van der Waals surface area contributed by atoms with Gasteiger partial charge in [-0.15, -0.1) is 11.6 Å². The summed E-state index contributed by atoms with van der Waals surface area (Å²) in [7, 11) is 0. The maximum absolute atomic E-state index is 11.1. The van der Waals surface area contributed by atoms with Crippen molar-refractivity contribution in [3.05, 3.63) is 40.8 Å². The molecule has 3 rings (SSSR count). The number of aromatic nitrogens is 3. The number of aryl methyl sites for hydroxylation is 1. The number of nitrogens with one attached hydrogen (secondary N) is 2. The third-order valence-electron chi connectivity index (χ3n) is 2.69. The summed E-state index contributed by atoms with van der Waals surface area (Å²) >= 11 is 5.66. The van der Waals surface area contributed by atoms with E-state index in [-0.39, 0.29) is 0 Å². The van der Waals surface area contributed by atoms with Gasteiger partial charge in [0.05, 0.1) is 17.4 Å². The summed E-state index contributed by atoms with van der Waals surface area (Å²) in [6.07, 6.45) is 2.45. The minimum absolute atomic E-state index is 0.449. The second-order valence-electron chi connectivity index (χ2n) is 3.91. The maximum Gasteiger partial charge on any atom is 0.417 e. The molecule has 0 aliphatic carbocycles. The molecule has 1 aromatic carbocycles. The Morgan fingerprint density at radius 2 is 2.22 bits per heavy atom. The number of oxazole rings is 1. The average molecular weight is 264 g/mol. The van der Waals surface area contributed by atoms with E-state index in [2.05, 4.69) is 15.0 Å². The van der Waals surface area contributed by atoms with Crippen molar-refractivity contribution in [3.8, 4) is 11.3 Å². The standard InChI is InChI=1S/C12H10ClN3O2/c13-4-3-11-14-6-9(15-11)7-1-2-10-8(5-7)16-12(17)18-10/h1-2,5-6H,3-4H2,(H,14,15)(H,16,17). The first-order chi connectivity index (χ1) is 8.76. The lowest BCUT2D eigenvalue weighted by atomic mass is 10.1. The summed E-state index contributed by atoms with van der Waals surface area (Å²) in [5, 5.41) is 0. The van der Waals surface area contributed by atoms with Crippen LogP contribution in [0.3, 0.4) is 0 Å². The first-order valence-corrected chi connectivity index (χ1v) is 6.03. The Balaban J connectivity index is 2.04. The van der Waals surface area contributed by atoms with Crippen LogP contribution in [0.25, 0.3) is 22.4 Å². The summed E-state index contributed by atoms with van der Waals surface area (Å²) in [6, 6.07) is 5.47. The highest BCUT2D eigenvalue weighted by Gasteiger charge is 2.06. The van der Waals surface area contributed by atoms with Gasteiger partial charge in [0.15, 0.2) is 5.58 Å². The van der Waals surface area contributed by atoms with E-state index in [1.54, 1.807) is 12.3 Å². The SMILES string of the molecule is O=c1[nH]c2cc(-c3cnc(CCCl)[nH]3)ccc2o1. The molecule has 0 unspecified atom stereocenters. The zero-order valence-electron chi connectivity index (χ0n) is 9.37. The molecule has 2 heterocycles. The largest absolute Gasteiger partial charge is 0.417 e. The summed E-state index contributed by atoms with van der Waals surface area (Å²) < 4.78 is 4.95. The number of alkyl halides is 1. The molecular weight excluding hydrogens is 254 g/mol. The predicted molar refractivity (Wildman–Crippen MR) is 68.8 cm³/mol. The van der Waals surface area contributed by atoms with E-state index >= 15 is 0 Å². The van der Waals surface area contributed by atoms with Gasteiger partial charge >= 0.3 is 5.76 Å². The molecule has 0 aliphatic heterocycles. The smallest absolute Gasteiger partial charge is 0.408 e. The molecule has 0 saturated carbocycles. The lowest BCUT2D eigenvalue weighted by molar-refractivity contribution is 0.555. The molecular formula is C12H10ClN3O2. The molecule has 0 atom stereocenters. The van der Waals surface area contributed by atoms with Gasteiger partial charge in [0.1, 0.15) is 5.82 Å². The van der Waals surface area contributed by atoms with Crippen molar-refractivity contribution < 1.29 is 4.42 Å². The second-order valence-corrected chi connectivity index (χ2v) is 4.29. The zero-order chi connectivity index (χ0) is 12.5. The lowest BCUT2D eigenvalue weighted by Crippen LogP contribution is -1.92.